The summed E-state index contributed by atoms with van der Waals surface area (Å²) in [5.74, 6) is -1.24. The van der Waals surface area contributed by atoms with Gasteiger partial charge in [-0.3, -0.25) is 0 Å². The third-order valence-corrected chi connectivity index (χ3v) is 3.63. The highest BCUT2D eigenvalue weighted by Crippen LogP contribution is 2.16. The molecule has 0 bridgehead atoms. The van der Waals surface area contributed by atoms with Gasteiger partial charge in [0.25, 0.3) is 0 Å². The van der Waals surface area contributed by atoms with E-state index in [2.05, 4.69) is 0 Å². The number of unbranched alkanes of at least 4 members (excludes halogenated alkanes) is 3. The molecule has 108 valence electrons. The maximum Gasteiger partial charge on any atom is 0.232 e. The van der Waals surface area contributed by atoms with Crippen LogP contribution in [0.3, 0.4) is 0 Å². The summed E-state index contributed by atoms with van der Waals surface area (Å²) < 4.78 is 52.1. The van der Waals surface area contributed by atoms with Crippen LogP contribution >= 0.6 is 10.7 Å². The lowest BCUT2D eigenvalue weighted by molar-refractivity contribution is 0.302. The Morgan fingerprint density at radius 3 is 2.16 bits per heavy atom. The van der Waals surface area contributed by atoms with Crippen LogP contribution in [-0.4, -0.2) is 20.8 Å². The van der Waals surface area contributed by atoms with Gasteiger partial charge in [-0.2, -0.15) is 0 Å². The number of hydrogen-bond donors (Lipinski definition) is 0. The summed E-state index contributed by atoms with van der Waals surface area (Å²) in [5.41, 5.74) is 0. The van der Waals surface area contributed by atoms with Gasteiger partial charge in [-0.25, -0.2) is 17.2 Å². The molecule has 0 spiro atoms. The Hall–Kier alpha value is -0.880. The van der Waals surface area contributed by atoms with Gasteiger partial charge in [0.15, 0.2) is 0 Å². The molecule has 0 amide bonds. The average Bonchev–Trinajstić information content (AvgIpc) is 2.25. The molecule has 19 heavy (non-hydrogen) atoms. The molecule has 0 aliphatic rings. The Morgan fingerprint density at radius 2 is 1.58 bits per heavy atom. The van der Waals surface area contributed by atoms with Crippen molar-refractivity contribution in [2.24, 2.45) is 0 Å². The summed E-state index contributed by atoms with van der Waals surface area (Å²) in [6, 6.07) is 3.01. The summed E-state index contributed by atoms with van der Waals surface area (Å²) in [6.45, 7) is 0.330. The van der Waals surface area contributed by atoms with Crippen molar-refractivity contribution < 1.29 is 21.9 Å². The SMILES string of the molecule is O=S(=O)(Cl)CCCCCCOc1cc(F)cc(F)c1. The maximum atomic E-state index is 12.8. The molecule has 1 aromatic rings. The smallest absolute Gasteiger partial charge is 0.232 e. The van der Waals surface area contributed by atoms with E-state index in [9.17, 15) is 17.2 Å². The number of benzene rings is 1. The average molecular weight is 313 g/mol. The number of ether oxygens (including phenoxy) is 1. The first-order chi connectivity index (χ1) is 8.87. The largest absolute Gasteiger partial charge is 0.493 e. The quantitative estimate of drug-likeness (QED) is 0.545. The third-order valence-electron chi connectivity index (χ3n) is 2.39. The van der Waals surface area contributed by atoms with Crippen molar-refractivity contribution in [1.29, 1.82) is 0 Å². The van der Waals surface area contributed by atoms with Gasteiger partial charge in [-0.05, 0) is 12.8 Å². The summed E-state index contributed by atoms with van der Waals surface area (Å²) in [6.07, 6.45) is 2.66. The molecular weight excluding hydrogens is 298 g/mol. The maximum absolute atomic E-state index is 12.8. The minimum Gasteiger partial charge on any atom is -0.493 e. The minimum absolute atomic E-state index is 0.0372. The molecule has 1 aromatic carbocycles. The Kier molecular flexibility index (Phi) is 6.51. The third kappa shape index (κ3) is 8.00. The van der Waals surface area contributed by atoms with E-state index in [1.807, 2.05) is 0 Å². The van der Waals surface area contributed by atoms with Crippen molar-refractivity contribution in [3.8, 4) is 5.75 Å². The van der Waals surface area contributed by atoms with Crippen molar-refractivity contribution in [3.63, 3.8) is 0 Å². The second-order valence-corrected chi connectivity index (χ2v) is 7.01. The molecule has 0 aliphatic heterocycles. The first-order valence-corrected chi connectivity index (χ1v) is 8.36. The highest BCUT2D eigenvalue weighted by atomic mass is 35.7. The Bertz CT molecular complexity index is 485. The summed E-state index contributed by atoms with van der Waals surface area (Å²) in [5, 5.41) is 0. The molecule has 0 saturated carbocycles. The van der Waals surface area contributed by atoms with Gasteiger partial charge < -0.3 is 4.74 Å². The molecule has 0 heterocycles. The fraction of sp³-hybridized carbons (Fsp3) is 0.500. The van der Waals surface area contributed by atoms with Gasteiger partial charge in [-0.1, -0.05) is 12.8 Å². The molecule has 0 atom stereocenters. The zero-order valence-electron chi connectivity index (χ0n) is 10.2. The lowest BCUT2D eigenvalue weighted by atomic mass is 10.2. The summed E-state index contributed by atoms with van der Waals surface area (Å²) in [4.78, 5) is 0. The molecular formula is C12H15ClF2O3S. The lowest BCUT2D eigenvalue weighted by Gasteiger charge is -2.06. The number of hydrogen-bond acceptors (Lipinski definition) is 3. The van der Waals surface area contributed by atoms with Gasteiger partial charge in [-0.15, -0.1) is 0 Å². The molecule has 0 radical (unpaired) electrons. The van der Waals surface area contributed by atoms with Gasteiger partial charge in [0.2, 0.25) is 9.05 Å². The molecule has 0 unspecified atom stereocenters. The molecule has 3 nitrogen and oxygen atoms in total. The second kappa shape index (κ2) is 7.65. The van der Waals surface area contributed by atoms with Crippen molar-refractivity contribution in [2.45, 2.75) is 25.7 Å². The molecule has 0 aromatic heterocycles. The minimum atomic E-state index is -3.41. The fourth-order valence-electron chi connectivity index (χ4n) is 1.53. The van der Waals surface area contributed by atoms with Gasteiger partial charge in [0, 0.05) is 28.9 Å². The number of rotatable bonds is 8. The molecule has 1 rings (SSSR count). The molecule has 0 fully saturated rings. The van der Waals surface area contributed by atoms with Crippen molar-refractivity contribution >= 4 is 19.7 Å². The van der Waals surface area contributed by atoms with E-state index in [1.54, 1.807) is 0 Å². The Morgan fingerprint density at radius 1 is 1.00 bits per heavy atom. The normalized spacial score (nSPS) is 11.5. The van der Waals surface area contributed by atoms with Crippen LogP contribution in [0.4, 0.5) is 8.78 Å². The van der Waals surface area contributed by atoms with Crippen molar-refractivity contribution in [3.05, 3.63) is 29.8 Å². The van der Waals surface area contributed by atoms with Crippen LogP contribution < -0.4 is 4.74 Å². The van der Waals surface area contributed by atoms with Gasteiger partial charge in [0.05, 0.1) is 12.4 Å². The zero-order chi connectivity index (χ0) is 14.3. The van der Waals surface area contributed by atoms with E-state index >= 15 is 0 Å². The number of halogens is 3. The summed E-state index contributed by atoms with van der Waals surface area (Å²) >= 11 is 0. The van der Waals surface area contributed by atoms with Crippen LogP contribution in [0.1, 0.15) is 25.7 Å². The monoisotopic (exact) mass is 312 g/mol. The molecule has 7 heteroatoms. The molecule has 0 aliphatic carbocycles. The Balaban J connectivity index is 2.14. The lowest BCUT2D eigenvalue weighted by Crippen LogP contribution is -2.00. The van der Waals surface area contributed by atoms with E-state index in [0.717, 1.165) is 24.6 Å². The van der Waals surface area contributed by atoms with Crippen LogP contribution in [-0.2, 0) is 9.05 Å². The highest BCUT2D eigenvalue weighted by Gasteiger charge is 2.04. The van der Waals surface area contributed by atoms with Crippen LogP contribution in [0, 0.1) is 11.6 Å². The van der Waals surface area contributed by atoms with Gasteiger partial charge in [0.1, 0.15) is 17.4 Å². The van der Waals surface area contributed by atoms with Crippen LogP contribution in [0.15, 0.2) is 18.2 Å². The van der Waals surface area contributed by atoms with E-state index in [-0.39, 0.29) is 11.5 Å². The second-order valence-electron chi connectivity index (χ2n) is 4.11. The first-order valence-electron chi connectivity index (χ1n) is 5.88. The Labute approximate surface area is 115 Å². The van der Waals surface area contributed by atoms with Crippen LogP contribution in [0.2, 0.25) is 0 Å². The fourth-order valence-corrected chi connectivity index (χ4v) is 2.41. The van der Waals surface area contributed by atoms with E-state index in [0.29, 0.717) is 25.9 Å². The van der Waals surface area contributed by atoms with E-state index < -0.39 is 20.7 Å². The van der Waals surface area contributed by atoms with Crippen LogP contribution in [0.5, 0.6) is 5.75 Å². The van der Waals surface area contributed by atoms with Crippen LogP contribution in [0.25, 0.3) is 0 Å². The predicted molar refractivity (Wildman–Crippen MR) is 70.0 cm³/mol. The van der Waals surface area contributed by atoms with E-state index in [1.165, 1.54) is 0 Å². The highest BCUT2D eigenvalue weighted by molar-refractivity contribution is 8.13. The topological polar surface area (TPSA) is 43.4 Å². The molecule has 0 saturated heterocycles. The summed E-state index contributed by atoms with van der Waals surface area (Å²) in [7, 11) is 1.65. The predicted octanol–water partition coefficient (Wildman–Crippen LogP) is 3.47. The zero-order valence-corrected chi connectivity index (χ0v) is 11.8. The van der Waals surface area contributed by atoms with Crippen molar-refractivity contribution in [1.82, 2.24) is 0 Å². The van der Waals surface area contributed by atoms with Gasteiger partial charge >= 0.3 is 0 Å². The first kappa shape index (κ1) is 16.2. The standard InChI is InChI=1S/C12H15ClF2O3S/c13-19(16,17)6-4-2-1-3-5-18-12-8-10(14)7-11(15)9-12/h7-9H,1-6H2. The van der Waals surface area contributed by atoms with Crippen molar-refractivity contribution in [2.75, 3.05) is 12.4 Å². The molecule has 0 N–H and O–H groups in total. The van der Waals surface area contributed by atoms with E-state index in [4.69, 9.17) is 15.4 Å².